The lowest BCUT2D eigenvalue weighted by molar-refractivity contribution is -0.112. The van der Waals surface area contributed by atoms with Gasteiger partial charge in [0, 0.05) is 10.7 Å². The highest BCUT2D eigenvalue weighted by Crippen LogP contribution is 2.20. The molecule has 4 nitrogen and oxygen atoms in total. The van der Waals surface area contributed by atoms with E-state index in [1.165, 1.54) is 0 Å². The van der Waals surface area contributed by atoms with Crippen LogP contribution < -0.4 is 10.1 Å². The molecule has 3 aromatic carbocycles. The number of hydrogen-bond donors (Lipinski definition) is 1. The van der Waals surface area contributed by atoms with Crippen molar-refractivity contribution < 1.29 is 9.53 Å². The second-order valence-electron chi connectivity index (χ2n) is 6.93. The van der Waals surface area contributed by atoms with Crippen LogP contribution in [0.15, 0.2) is 72.3 Å². The van der Waals surface area contributed by atoms with E-state index in [0.717, 1.165) is 16.7 Å². The first kappa shape index (κ1) is 21.2. The van der Waals surface area contributed by atoms with Crippen LogP contribution in [0.25, 0.3) is 6.08 Å². The van der Waals surface area contributed by atoms with Gasteiger partial charge in [-0.1, -0.05) is 48.0 Å². The molecular formula is C25H21ClN2O2. The summed E-state index contributed by atoms with van der Waals surface area (Å²) >= 11 is 5.90. The highest BCUT2D eigenvalue weighted by Gasteiger charge is 2.11. The number of nitrogens with one attached hydrogen (secondary N) is 1. The number of carbonyl (C=O) groups is 1. The average molecular weight is 417 g/mol. The zero-order valence-corrected chi connectivity index (χ0v) is 17.5. The van der Waals surface area contributed by atoms with Gasteiger partial charge in [0.2, 0.25) is 0 Å². The third-order valence-corrected chi connectivity index (χ3v) is 4.75. The number of ether oxygens (including phenoxy) is 1. The summed E-state index contributed by atoms with van der Waals surface area (Å²) in [4.78, 5) is 12.6. The molecule has 3 rings (SSSR count). The summed E-state index contributed by atoms with van der Waals surface area (Å²) in [7, 11) is 0. The highest BCUT2D eigenvalue weighted by molar-refractivity contribution is 6.30. The molecule has 0 spiro atoms. The van der Waals surface area contributed by atoms with Gasteiger partial charge in [-0.3, -0.25) is 4.79 Å². The number of benzene rings is 3. The molecule has 1 N–H and O–H groups in total. The Hall–Kier alpha value is -3.55. The Kier molecular flexibility index (Phi) is 6.90. The summed E-state index contributed by atoms with van der Waals surface area (Å²) in [6, 6.07) is 22.5. The minimum atomic E-state index is -0.446. The molecule has 0 aliphatic rings. The maximum Gasteiger partial charge on any atom is 0.266 e. The molecular weight excluding hydrogens is 396 g/mol. The van der Waals surface area contributed by atoms with E-state index in [2.05, 4.69) is 5.32 Å². The summed E-state index contributed by atoms with van der Waals surface area (Å²) in [5.41, 5.74) is 4.38. The number of hydrogen-bond acceptors (Lipinski definition) is 3. The third kappa shape index (κ3) is 5.73. The quantitative estimate of drug-likeness (QED) is 0.391. The Labute approximate surface area is 181 Å². The molecule has 5 heteroatoms. The lowest BCUT2D eigenvalue weighted by Gasteiger charge is -2.09. The van der Waals surface area contributed by atoms with Crippen LogP contribution in [0, 0.1) is 25.2 Å². The van der Waals surface area contributed by atoms with Crippen molar-refractivity contribution in [1.29, 1.82) is 5.26 Å². The standard InChI is InChI=1S/C25H21ClN2O2/c1-17-6-7-18(2)24(12-17)28-25(29)21(15-27)13-20-4-3-5-23(14-20)30-16-19-8-10-22(26)11-9-19/h3-14H,16H2,1-2H3,(H,28,29). The molecule has 150 valence electrons. The van der Waals surface area contributed by atoms with E-state index in [0.29, 0.717) is 28.6 Å². The number of rotatable bonds is 6. The molecule has 1 amide bonds. The Morgan fingerprint density at radius 1 is 1.10 bits per heavy atom. The largest absolute Gasteiger partial charge is 0.489 e. The molecule has 0 atom stereocenters. The Bertz CT molecular complexity index is 1130. The molecule has 0 radical (unpaired) electrons. The number of nitriles is 1. The van der Waals surface area contributed by atoms with Crippen molar-refractivity contribution in [1.82, 2.24) is 0 Å². The van der Waals surface area contributed by atoms with Gasteiger partial charge < -0.3 is 10.1 Å². The fraction of sp³-hybridized carbons (Fsp3) is 0.120. The van der Waals surface area contributed by atoms with E-state index in [4.69, 9.17) is 16.3 Å². The summed E-state index contributed by atoms with van der Waals surface area (Å²) in [5.74, 6) is 0.199. The maximum absolute atomic E-state index is 12.6. The van der Waals surface area contributed by atoms with Gasteiger partial charge in [-0.2, -0.15) is 5.26 Å². The van der Waals surface area contributed by atoms with Crippen molar-refractivity contribution in [2.75, 3.05) is 5.32 Å². The molecule has 0 heterocycles. The number of carbonyl (C=O) groups excluding carboxylic acids is 1. The first-order chi connectivity index (χ1) is 14.4. The summed E-state index contributed by atoms with van der Waals surface area (Å²) in [5, 5.41) is 13.0. The summed E-state index contributed by atoms with van der Waals surface area (Å²) in [6.07, 6.45) is 1.55. The first-order valence-electron chi connectivity index (χ1n) is 9.42. The fourth-order valence-electron chi connectivity index (χ4n) is 2.82. The second kappa shape index (κ2) is 9.78. The van der Waals surface area contributed by atoms with Crippen LogP contribution in [0.1, 0.15) is 22.3 Å². The zero-order valence-electron chi connectivity index (χ0n) is 16.8. The molecule has 0 bridgehead atoms. The van der Waals surface area contributed by atoms with Crippen LogP contribution in [-0.4, -0.2) is 5.91 Å². The van der Waals surface area contributed by atoms with Crippen LogP contribution in [0.3, 0.4) is 0 Å². The van der Waals surface area contributed by atoms with E-state index in [9.17, 15) is 10.1 Å². The van der Waals surface area contributed by atoms with Crippen LogP contribution in [0.2, 0.25) is 5.02 Å². The van der Waals surface area contributed by atoms with Gasteiger partial charge in [0.25, 0.3) is 5.91 Å². The Morgan fingerprint density at radius 2 is 1.87 bits per heavy atom. The first-order valence-corrected chi connectivity index (χ1v) is 9.80. The van der Waals surface area contributed by atoms with E-state index in [1.54, 1.807) is 12.1 Å². The second-order valence-corrected chi connectivity index (χ2v) is 7.37. The molecule has 0 aliphatic carbocycles. The van der Waals surface area contributed by atoms with Gasteiger partial charge >= 0.3 is 0 Å². The SMILES string of the molecule is Cc1ccc(C)c(NC(=O)C(C#N)=Cc2cccc(OCc3ccc(Cl)cc3)c2)c1. The van der Waals surface area contributed by atoms with Crippen molar-refractivity contribution in [2.45, 2.75) is 20.5 Å². The topological polar surface area (TPSA) is 62.1 Å². The van der Waals surface area contributed by atoms with Crippen molar-refractivity contribution in [3.8, 4) is 11.8 Å². The minimum Gasteiger partial charge on any atom is -0.489 e. The number of amides is 1. The van der Waals surface area contributed by atoms with Gasteiger partial charge in [0.1, 0.15) is 24.0 Å². The normalized spacial score (nSPS) is 10.9. The van der Waals surface area contributed by atoms with E-state index in [1.807, 2.05) is 80.6 Å². The molecule has 0 saturated heterocycles. The minimum absolute atomic E-state index is 0.0192. The van der Waals surface area contributed by atoms with Crippen molar-refractivity contribution in [3.05, 3.63) is 99.6 Å². The maximum atomic E-state index is 12.6. The van der Waals surface area contributed by atoms with Crippen molar-refractivity contribution >= 4 is 29.3 Å². The Morgan fingerprint density at radius 3 is 2.60 bits per heavy atom. The lowest BCUT2D eigenvalue weighted by Crippen LogP contribution is -2.14. The van der Waals surface area contributed by atoms with Gasteiger partial charge in [-0.05, 0) is 72.5 Å². The van der Waals surface area contributed by atoms with Crippen molar-refractivity contribution in [2.24, 2.45) is 0 Å². The van der Waals surface area contributed by atoms with Crippen molar-refractivity contribution in [3.63, 3.8) is 0 Å². The zero-order chi connectivity index (χ0) is 21.5. The van der Waals surface area contributed by atoms with Crippen LogP contribution in [-0.2, 0) is 11.4 Å². The van der Waals surface area contributed by atoms with Gasteiger partial charge in [0.15, 0.2) is 0 Å². The number of nitrogens with zero attached hydrogens (tertiary/aromatic N) is 1. The highest BCUT2D eigenvalue weighted by atomic mass is 35.5. The predicted molar refractivity (Wildman–Crippen MR) is 120 cm³/mol. The molecule has 0 unspecified atom stereocenters. The smallest absolute Gasteiger partial charge is 0.266 e. The number of halogens is 1. The van der Waals surface area contributed by atoms with Crippen LogP contribution in [0.4, 0.5) is 5.69 Å². The monoisotopic (exact) mass is 416 g/mol. The number of aryl methyl sites for hydroxylation is 2. The molecule has 0 fully saturated rings. The predicted octanol–water partition coefficient (Wildman–Crippen LogP) is 6.08. The van der Waals surface area contributed by atoms with E-state index >= 15 is 0 Å². The molecule has 0 aliphatic heterocycles. The van der Waals surface area contributed by atoms with Gasteiger partial charge in [-0.25, -0.2) is 0 Å². The van der Waals surface area contributed by atoms with Gasteiger partial charge in [0.05, 0.1) is 0 Å². The molecule has 3 aromatic rings. The Balaban J connectivity index is 1.73. The molecule has 0 aromatic heterocycles. The van der Waals surface area contributed by atoms with Gasteiger partial charge in [-0.15, -0.1) is 0 Å². The molecule has 0 saturated carbocycles. The summed E-state index contributed by atoms with van der Waals surface area (Å²) in [6.45, 7) is 4.25. The van der Waals surface area contributed by atoms with Crippen LogP contribution >= 0.6 is 11.6 Å². The van der Waals surface area contributed by atoms with Crippen LogP contribution in [0.5, 0.6) is 5.75 Å². The lowest BCUT2D eigenvalue weighted by atomic mass is 10.1. The fourth-order valence-corrected chi connectivity index (χ4v) is 2.94. The van der Waals surface area contributed by atoms with E-state index < -0.39 is 5.91 Å². The average Bonchev–Trinajstić information content (AvgIpc) is 2.74. The molecule has 30 heavy (non-hydrogen) atoms. The van der Waals surface area contributed by atoms with E-state index in [-0.39, 0.29) is 5.57 Å². The third-order valence-electron chi connectivity index (χ3n) is 4.49. The number of anilines is 1. The summed E-state index contributed by atoms with van der Waals surface area (Å²) < 4.78 is 5.82.